The predicted molar refractivity (Wildman–Crippen MR) is 189 cm³/mol. The Morgan fingerprint density at radius 1 is 0.444 bits per heavy atom. The van der Waals surface area contributed by atoms with Crippen molar-refractivity contribution in [3.05, 3.63) is 146 Å². The van der Waals surface area contributed by atoms with Gasteiger partial charge in [-0.2, -0.15) is 0 Å². The molecule has 45 heavy (non-hydrogen) atoms. The van der Waals surface area contributed by atoms with Crippen molar-refractivity contribution in [2.24, 2.45) is 0 Å². The lowest BCUT2D eigenvalue weighted by Crippen LogP contribution is -2.02. The van der Waals surface area contributed by atoms with Crippen LogP contribution in [0.25, 0.3) is 86.8 Å². The Bertz CT molecular complexity index is 2750. The van der Waals surface area contributed by atoms with Gasteiger partial charge in [0.2, 0.25) is 0 Å². The largest absolute Gasteiger partial charge is 0.309 e. The van der Waals surface area contributed by atoms with Gasteiger partial charge in [-0.1, -0.05) is 103 Å². The molecule has 10 aromatic rings. The average molecular weight is 593 g/mol. The first-order valence-electron chi connectivity index (χ1n) is 15.1. The topological polar surface area (TPSA) is 35.6 Å². The zero-order valence-electron chi connectivity index (χ0n) is 24.1. The van der Waals surface area contributed by atoms with Gasteiger partial charge < -0.3 is 4.57 Å². The highest BCUT2D eigenvalue weighted by Crippen LogP contribution is 2.43. The van der Waals surface area contributed by atoms with E-state index in [0.717, 1.165) is 44.1 Å². The van der Waals surface area contributed by atoms with Crippen LogP contribution in [0.15, 0.2) is 146 Å². The molecule has 0 spiro atoms. The molecule has 4 heterocycles. The molecule has 0 aliphatic rings. The van der Waals surface area contributed by atoms with Gasteiger partial charge in [-0.15, -0.1) is 11.3 Å². The van der Waals surface area contributed by atoms with Crippen LogP contribution in [0, 0.1) is 0 Å². The minimum absolute atomic E-state index is 0.732. The summed E-state index contributed by atoms with van der Waals surface area (Å²) < 4.78 is 5.96. The van der Waals surface area contributed by atoms with E-state index in [1.54, 1.807) is 11.3 Å². The normalized spacial score (nSPS) is 12.0. The van der Waals surface area contributed by atoms with Gasteiger partial charge >= 0.3 is 0 Å². The van der Waals surface area contributed by atoms with Crippen LogP contribution in [0.1, 0.15) is 0 Å². The van der Waals surface area contributed by atoms with Gasteiger partial charge in [0.15, 0.2) is 11.6 Å². The van der Waals surface area contributed by atoms with Crippen molar-refractivity contribution >= 4 is 75.3 Å². The molecule has 0 saturated carbocycles. The number of benzene rings is 6. The number of hydrogen-bond donors (Lipinski definition) is 0. The minimum atomic E-state index is 0.732. The molecule has 0 unspecified atom stereocenters. The highest BCUT2D eigenvalue weighted by molar-refractivity contribution is 7.25. The Balaban J connectivity index is 1.41. The van der Waals surface area contributed by atoms with Gasteiger partial charge in [-0.3, -0.25) is 4.57 Å². The molecule has 4 nitrogen and oxygen atoms in total. The highest BCUT2D eigenvalue weighted by atomic mass is 32.1. The first-order valence-corrected chi connectivity index (χ1v) is 15.9. The smallest absolute Gasteiger partial charge is 0.163 e. The lowest BCUT2D eigenvalue weighted by atomic mass is 10.1. The molecule has 0 fully saturated rings. The summed E-state index contributed by atoms with van der Waals surface area (Å²) >= 11 is 1.73. The fraction of sp³-hybridized carbons (Fsp3) is 0. The molecule has 0 N–H and O–H groups in total. The molecule has 0 atom stereocenters. The van der Waals surface area contributed by atoms with Crippen LogP contribution in [-0.4, -0.2) is 19.1 Å². The maximum Gasteiger partial charge on any atom is 0.163 e. The number of aromatic nitrogens is 4. The molecule has 0 bridgehead atoms. The fourth-order valence-corrected chi connectivity index (χ4v) is 8.07. The number of hydrogen-bond acceptors (Lipinski definition) is 3. The Morgan fingerprint density at radius 2 is 1.02 bits per heavy atom. The van der Waals surface area contributed by atoms with Crippen molar-refractivity contribution in [2.75, 3.05) is 0 Å². The number of nitrogens with zero attached hydrogens (tertiary/aromatic N) is 4. The Hall–Kier alpha value is -5.78. The van der Waals surface area contributed by atoms with E-state index in [0.29, 0.717) is 0 Å². The van der Waals surface area contributed by atoms with E-state index in [1.165, 1.54) is 42.7 Å². The minimum Gasteiger partial charge on any atom is -0.309 e. The summed E-state index contributed by atoms with van der Waals surface area (Å²) in [4.78, 5) is 11.5. The van der Waals surface area contributed by atoms with Crippen LogP contribution in [-0.2, 0) is 0 Å². The summed E-state index contributed by atoms with van der Waals surface area (Å²) in [5.74, 6) is 1.64. The second-order valence-electron chi connectivity index (χ2n) is 11.4. The Labute approximate surface area is 262 Å². The quantitative estimate of drug-likeness (QED) is 0.205. The molecule has 10 rings (SSSR count). The zero-order chi connectivity index (χ0) is 29.5. The Kier molecular flexibility index (Phi) is 5.12. The average Bonchev–Trinajstić information content (AvgIpc) is 3.75. The van der Waals surface area contributed by atoms with Gasteiger partial charge in [0.05, 0.1) is 27.5 Å². The summed E-state index contributed by atoms with van der Waals surface area (Å²) in [5, 5.41) is 7.16. The molecule has 210 valence electrons. The van der Waals surface area contributed by atoms with Crippen LogP contribution >= 0.6 is 11.3 Å². The van der Waals surface area contributed by atoms with Crippen molar-refractivity contribution in [1.29, 1.82) is 0 Å². The van der Waals surface area contributed by atoms with Gasteiger partial charge in [-0.25, -0.2) is 9.97 Å². The van der Waals surface area contributed by atoms with Crippen molar-refractivity contribution in [2.45, 2.75) is 0 Å². The fourth-order valence-electron chi connectivity index (χ4n) is 7.00. The summed E-state index contributed by atoms with van der Waals surface area (Å²) in [6.07, 6.45) is 0. The maximum atomic E-state index is 5.39. The van der Waals surface area contributed by atoms with Gasteiger partial charge in [0.25, 0.3) is 0 Å². The molecule has 6 aromatic carbocycles. The van der Waals surface area contributed by atoms with E-state index in [2.05, 4.69) is 137 Å². The summed E-state index contributed by atoms with van der Waals surface area (Å²) in [6.45, 7) is 0. The monoisotopic (exact) mass is 592 g/mol. The van der Waals surface area contributed by atoms with E-state index < -0.39 is 0 Å². The molecule has 5 heteroatoms. The molecule has 0 radical (unpaired) electrons. The highest BCUT2D eigenvalue weighted by Gasteiger charge is 2.22. The van der Waals surface area contributed by atoms with E-state index in [9.17, 15) is 0 Å². The zero-order valence-corrected chi connectivity index (χ0v) is 24.9. The van der Waals surface area contributed by atoms with Gasteiger partial charge in [0, 0.05) is 42.9 Å². The van der Waals surface area contributed by atoms with Crippen molar-refractivity contribution in [3.8, 4) is 22.9 Å². The first-order chi connectivity index (χ1) is 22.3. The standard InChI is InChI=1S/C40H24N4S/c1-3-13-25(14-4-1)38-41-39(37-29-19-9-12-22-36(29)45-40(37)42-38)44-33-21-11-8-18-28(33)31-23-30-27-17-7-10-20-32(27)43(34(30)24-35(31)44)26-15-5-2-6-16-26/h1-24H. The second kappa shape index (κ2) is 9.36. The van der Waals surface area contributed by atoms with Crippen LogP contribution in [0.5, 0.6) is 0 Å². The van der Waals surface area contributed by atoms with E-state index in [-0.39, 0.29) is 0 Å². The number of rotatable bonds is 3. The number of para-hydroxylation sites is 3. The third-order valence-corrected chi connectivity index (χ3v) is 10.0. The van der Waals surface area contributed by atoms with Crippen LogP contribution in [0.4, 0.5) is 0 Å². The van der Waals surface area contributed by atoms with E-state index >= 15 is 0 Å². The van der Waals surface area contributed by atoms with Crippen LogP contribution < -0.4 is 0 Å². The van der Waals surface area contributed by atoms with E-state index in [1.807, 2.05) is 18.2 Å². The molecule has 0 saturated heterocycles. The molecule has 0 amide bonds. The van der Waals surface area contributed by atoms with Gasteiger partial charge in [0.1, 0.15) is 4.83 Å². The van der Waals surface area contributed by atoms with E-state index in [4.69, 9.17) is 9.97 Å². The van der Waals surface area contributed by atoms with Gasteiger partial charge in [-0.05, 0) is 42.5 Å². The Morgan fingerprint density at radius 3 is 1.76 bits per heavy atom. The molecular formula is C40H24N4S. The number of fused-ring (bicyclic) bond motifs is 9. The summed E-state index contributed by atoms with van der Waals surface area (Å²) in [7, 11) is 0. The number of thiophene rings is 1. The van der Waals surface area contributed by atoms with Crippen molar-refractivity contribution < 1.29 is 0 Å². The molecular weight excluding hydrogens is 569 g/mol. The summed E-state index contributed by atoms with van der Waals surface area (Å²) in [6, 6.07) is 51.7. The molecule has 0 aliphatic carbocycles. The third-order valence-electron chi connectivity index (χ3n) is 8.94. The first kappa shape index (κ1) is 24.6. The SMILES string of the molecule is c1ccc(-c2nc(-n3c4ccccc4c4cc5c6ccccc6n(-c6ccccc6)c5cc43)c3c(n2)sc2ccccc23)cc1. The van der Waals surface area contributed by atoms with Crippen molar-refractivity contribution in [1.82, 2.24) is 19.1 Å². The summed E-state index contributed by atoms with van der Waals surface area (Å²) in [5.41, 5.74) is 6.77. The van der Waals surface area contributed by atoms with Crippen molar-refractivity contribution in [3.63, 3.8) is 0 Å². The molecule has 0 aliphatic heterocycles. The predicted octanol–water partition coefficient (Wildman–Crippen LogP) is 10.7. The third kappa shape index (κ3) is 3.53. The van der Waals surface area contributed by atoms with Crippen LogP contribution in [0.2, 0.25) is 0 Å². The lowest BCUT2D eigenvalue weighted by Gasteiger charge is -2.12. The molecule has 4 aromatic heterocycles. The van der Waals surface area contributed by atoms with Crippen LogP contribution in [0.3, 0.4) is 0 Å². The lowest BCUT2D eigenvalue weighted by molar-refractivity contribution is 1.08. The second-order valence-corrected chi connectivity index (χ2v) is 12.5. The maximum absolute atomic E-state index is 5.39.